The van der Waals surface area contributed by atoms with E-state index in [9.17, 15) is 9.59 Å². The zero-order valence-corrected chi connectivity index (χ0v) is 16.5. The number of carbonyl (C=O) groups is 2. The topological polar surface area (TPSA) is 81.2 Å². The van der Waals surface area contributed by atoms with E-state index in [0.29, 0.717) is 34.1 Å². The van der Waals surface area contributed by atoms with E-state index in [1.807, 2.05) is 6.07 Å². The van der Waals surface area contributed by atoms with Crippen LogP contribution in [0.1, 0.15) is 32.5 Å². The molecule has 1 aliphatic heterocycles. The van der Waals surface area contributed by atoms with Crippen LogP contribution in [0.25, 0.3) is 11.3 Å². The number of rotatable bonds is 5. The third-order valence-corrected chi connectivity index (χ3v) is 5.65. The molecule has 4 rings (SSSR count). The number of nitrogens with zero attached hydrogens (tertiary/aromatic N) is 2. The van der Waals surface area contributed by atoms with Crippen LogP contribution >= 0.6 is 22.9 Å². The predicted octanol–water partition coefficient (Wildman–Crippen LogP) is 3.79. The van der Waals surface area contributed by atoms with E-state index in [1.54, 1.807) is 36.1 Å². The third-order valence-electron chi connectivity index (χ3n) is 4.40. The number of ether oxygens (including phenoxy) is 1. The van der Waals surface area contributed by atoms with Crippen molar-refractivity contribution >= 4 is 34.6 Å². The first-order valence-corrected chi connectivity index (χ1v) is 9.90. The van der Waals surface area contributed by atoms with Crippen molar-refractivity contribution < 1.29 is 14.3 Å². The number of Topliss-reactive ketones (excluding diaryl/α,β-unsaturated/α-hetero) is 1. The van der Waals surface area contributed by atoms with E-state index in [-0.39, 0.29) is 17.8 Å². The van der Waals surface area contributed by atoms with Crippen LogP contribution in [0.15, 0.2) is 42.2 Å². The normalized spacial score (nSPS) is 15.0. The fourth-order valence-electron chi connectivity index (χ4n) is 3.09. The number of fused-ring (bicyclic) bond motifs is 1. The Balaban J connectivity index is 1.46. The van der Waals surface area contributed by atoms with Gasteiger partial charge in [-0.05, 0) is 25.1 Å². The van der Waals surface area contributed by atoms with E-state index in [0.717, 1.165) is 16.9 Å². The van der Waals surface area contributed by atoms with Crippen molar-refractivity contribution in [1.82, 2.24) is 15.3 Å². The molecule has 1 aliphatic rings. The van der Waals surface area contributed by atoms with Crippen molar-refractivity contribution in [1.29, 1.82) is 0 Å². The van der Waals surface area contributed by atoms with Crippen LogP contribution in [0, 0.1) is 0 Å². The monoisotopic (exact) mass is 413 g/mol. The highest BCUT2D eigenvalue weighted by Gasteiger charge is 2.27. The lowest BCUT2D eigenvalue weighted by atomic mass is 10.0. The second kappa shape index (κ2) is 7.69. The highest BCUT2D eigenvalue weighted by molar-refractivity contribution is 7.12. The first kappa shape index (κ1) is 18.6. The maximum absolute atomic E-state index is 12.3. The van der Waals surface area contributed by atoms with Crippen LogP contribution in [0.3, 0.4) is 0 Å². The van der Waals surface area contributed by atoms with Gasteiger partial charge < -0.3 is 10.1 Å². The average Bonchev–Trinajstić information content (AvgIpc) is 3.33. The van der Waals surface area contributed by atoms with Gasteiger partial charge in [0.2, 0.25) is 0 Å². The molecule has 0 aliphatic carbocycles. The van der Waals surface area contributed by atoms with Gasteiger partial charge in [0.1, 0.15) is 11.9 Å². The first-order chi connectivity index (χ1) is 13.5. The number of thiophene rings is 1. The van der Waals surface area contributed by atoms with Gasteiger partial charge in [-0.2, -0.15) is 0 Å². The summed E-state index contributed by atoms with van der Waals surface area (Å²) in [6, 6.07) is 5.29. The van der Waals surface area contributed by atoms with Gasteiger partial charge >= 0.3 is 0 Å². The molecule has 3 aromatic rings. The molecule has 1 amide bonds. The molecule has 0 saturated heterocycles. The van der Waals surface area contributed by atoms with Crippen LogP contribution in [0.4, 0.5) is 0 Å². The van der Waals surface area contributed by atoms with Crippen LogP contribution in [0.2, 0.25) is 5.02 Å². The molecule has 0 spiro atoms. The summed E-state index contributed by atoms with van der Waals surface area (Å²) in [5, 5.41) is 5.15. The van der Waals surface area contributed by atoms with Crippen molar-refractivity contribution in [2.24, 2.45) is 0 Å². The fraction of sp³-hybridized carbons (Fsp3) is 0.200. The number of ketones is 1. The number of halogens is 1. The molecular formula is C20H16ClN3O3S. The minimum Gasteiger partial charge on any atom is -0.487 e. The standard InChI is InChI=1S/C20H16ClN3O3S/c1-11(25)18-6-13(10-28-18)20(26)24-8-15-5-12-4-14(21)7-16(19(12)27-15)17-9-22-2-3-23-17/h2-4,6-7,9-10,15H,5,8H2,1H3,(H,24,26). The van der Waals surface area contributed by atoms with Crippen LogP contribution < -0.4 is 10.1 Å². The van der Waals surface area contributed by atoms with Gasteiger partial charge in [-0.15, -0.1) is 11.3 Å². The smallest absolute Gasteiger partial charge is 0.252 e. The van der Waals surface area contributed by atoms with Gasteiger partial charge in [0, 0.05) is 40.3 Å². The maximum atomic E-state index is 12.3. The highest BCUT2D eigenvalue weighted by atomic mass is 35.5. The average molecular weight is 414 g/mol. The Bertz CT molecular complexity index is 1050. The van der Waals surface area contributed by atoms with Crippen molar-refractivity contribution in [3.05, 3.63) is 63.2 Å². The minimum absolute atomic E-state index is 0.0490. The summed E-state index contributed by atoms with van der Waals surface area (Å²) < 4.78 is 6.08. The molecule has 0 bridgehead atoms. The quantitative estimate of drug-likeness (QED) is 0.643. The first-order valence-electron chi connectivity index (χ1n) is 8.64. The molecular weight excluding hydrogens is 398 g/mol. The Hall–Kier alpha value is -2.77. The molecule has 0 saturated carbocycles. The number of hydrogen-bond donors (Lipinski definition) is 1. The number of benzene rings is 1. The molecule has 0 fully saturated rings. The van der Waals surface area contributed by atoms with Crippen molar-refractivity contribution in [2.45, 2.75) is 19.4 Å². The fourth-order valence-corrected chi connectivity index (χ4v) is 4.12. The van der Waals surface area contributed by atoms with E-state index in [4.69, 9.17) is 16.3 Å². The van der Waals surface area contributed by atoms with Crippen molar-refractivity contribution in [2.75, 3.05) is 6.54 Å². The van der Waals surface area contributed by atoms with Gasteiger partial charge in [-0.1, -0.05) is 11.6 Å². The van der Waals surface area contributed by atoms with E-state index in [2.05, 4.69) is 15.3 Å². The van der Waals surface area contributed by atoms with Gasteiger partial charge in [0.15, 0.2) is 5.78 Å². The lowest BCUT2D eigenvalue weighted by molar-refractivity contribution is 0.0934. The molecule has 1 unspecified atom stereocenters. The van der Waals surface area contributed by atoms with Crippen LogP contribution in [0.5, 0.6) is 5.75 Å². The van der Waals surface area contributed by atoms with Crippen LogP contribution in [-0.2, 0) is 6.42 Å². The maximum Gasteiger partial charge on any atom is 0.252 e. The Morgan fingerprint density at radius 1 is 1.32 bits per heavy atom. The van der Waals surface area contributed by atoms with Crippen molar-refractivity contribution in [3.63, 3.8) is 0 Å². The molecule has 3 heterocycles. The van der Waals surface area contributed by atoms with Gasteiger partial charge in [-0.25, -0.2) is 0 Å². The van der Waals surface area contributed by atoms with Crippen LogP contribution in [-0.4, -0.2) is 34.3 Å². The largest absolute Gasteiger partial charge is 0.487 e. The Morgan fingerprint density at radius 2 is 2.18 bits per heavy atom. The number of carbonyl (C=O) groups excluding carboxylic acids is 2. The number of aromatic nitrogens is 2. The second-order valence-corrected chi connectivity index (χ2v) is 7.79. The molecule has 2 aromatic heterocycles. The molecule has 6 nitrogen and oxygen atoms in total. The summed E-state index contributed by atoms with van der Waals surface area (Å²) in [6.07, 6.45) is 5.30. The second-order valence-electron chi connectivity index (χ2n) is 6.44. The predicted molar refractivity (Wildman–Crippen MR) is 107 cm³/mol. The Labute approximate surface area is 170 Å². The summed E-state index contributed by atoms with van der Waals surface area (Å²) in [4.78, 5) is 32.7. The zero-order chi connectivity index (χ0) is 19.7. The molecule has 28 heavy (non-hydrogen) atoms. The van der Waals surface area contributed by atoms with Gasteiger partial charge in [-0.3, -0.25) is 19.6 Å². The molecule has 0 radical (unpaired) electrons. The van der Waals surface area contributed by atoms with E-state index >= 15 is 0 Å². The van der Waals surface area contributed by atoms with E-state index in [1.165, 1.54) is 18.3 Å². The summed E-state index contributed by atoms with van der Waals surface area (Å²) in [6.45, 7) is 1.83. The highest BCUT2D eigenvalue weighted by Crippen LogP contribution is 2.40. The Morgan fingerprint density at radius 3 is 2.89 bits per heavy atom. The number of hydrogen-bond acceptors (Lipinski definition) is 6. The molecule has 8 heteroatoms. The molecule has 1 aromatic carbocycles. The van der Waals surface area contributed by atoms with E-state index < -0.39 is 0 Å². The lowest BCUT2D eigenvalue weighted by Gasteiger charge is -2.13. The lowest BCUT2D eigenvalue weighted by Crippen LogP contribution is -2.34. The summed E-state index contributed by atoms with van der Waals surface area (Å²) in [5.74, 6) is 0.445. The molecule has 1 N–H and O–H groups in total. The summed E-state index contributed by atoms with van der Waals surface area (Å²) in [5.41, 5.74) is 2.92. The summed E-state index contributed by atoms with van der Waals surface area (Å²) >= 11 is 7.53. The zero-order valence-electron chi connectivity index (χ0n) is 14.9. The third kappa shape index (κ3) is 3.76. The van der Waals surface area contributed by atoms with Gasteiger partial charge in [0.25, 0.3) is 5.91 Å². The van der Waals surface area contributed by atoms with Gasteiger partial charge in [0.05, 0.1) is 28.9 Å². The number of nitrogens with one attached hydrogen (secondary N) is 1. The van der Waals surface area contributed by atoms with Crippen molar-refractivity contribution in [3.8, 4) is 17.0 Å². The minimum atomic E-state index is -0.226. The molecule has 1 atom stereocenters. The number of amides is 1. The summed E-state index contributed by atoms with van der Waals surface area (Å²) in [7, 11) is 0. The SMILES string of the molecule is CC(=O)c1cc(C(=O)NCC2Cc3cc(Cl)cc(-c4cnccn4)c3O2)cs1. The Kier molecular flexibility index (Phi) is 5.11. The molecule has 142 valence electrons.